The van der Waals surface area contributed by atoms with Gasteiger partial charge in [0, 0.05) is 134 Å². The molecule has 0 aromatic heterocycles. The van der Waals surface area contributed by atoms with Crippen molar-refractivity contribution in [2.75, 3.05) is 111 Å². The molecule has 0 saturated carbocycles. The zero-order valence-electron chi connectivity index (χ0n) is 47.1. The van der Waals surface area contributed by atoms with Crippen LogP contribution in [0.1, 0.15) is 171 Å². The molecule has 400 valence electrons. The zero-order valence-corrected chi connectivity index (χ0v) is 50.3. The number of carbonyl (C=O) groups excluding carboxylic acids is 1. The number of carbonyl (C=O) groups is 1. The van der Waals surface area contributed by atoms with E-state index >= 15 is 0 Å². The Morgan fingerprint density at radius 1 is 0.554 bits per heavy atom. The molecule has 0 aliphatic heterocycles. The molecular formula is C51H115N11ORh2-2. The molecule has 0 aromatic rings. The summed E-state index contributed by atoms with van der Waals surface area (Å²) in [6, 6.07) is 0. The third-order valence-corrected chi connectivity index (χ3v) is 8.93. The molecule has 2 radical (unpaired) electrons. The third kappa shape index (κ3) is 62.4. The third-order valence-electron chi connectivity index (χ3n) is 8.93. The van der Waals surface area contributed by atoms with Gasteiger partial charge in [0.1, 0.15) is 0 Å². The van der Waals surface area contributed by atoms with Crippen LogP contribution in [0.4, 0.5) is 0 Å². The van der Waals surface area contributed by atoms with Crippen molar-refractivity contribution in [2.45, 2.75) is 171 Å². The summed E-state index contributed by atoms with van der Waals surface area (Å²) < 4.78 is 0. The molecule has 0 aliphatic carbocycles. The first-order valence-corrected chi connectivity index (χ1v) is 22.4. The van der Waals surface area contributed by atoms with E-state index in [1.165, 1.54) is 36.4 Å². The number of guanidine groups is 2. The van der Waals surface area contributed by atoms with Crippen molar-refractivity contribution in [3.05, 3.63) is 10.6 Å². The second kappa shape index (κ2) is 42.5. The molecule has 14 heteroatoms. The molecule has 0 N–H and O–H groups in total. The molecule has 0 unspecified atom stereocenters. The minimum absolute atomic E-state index is 0. The Morgan fingerprint density at radius 3 is 1.26 bits per heavy atom. The van der Waals surface area contributed by atoms with Crippen molar-refractivity contribution >= 4 is 29.5 Å². The first-order chi connectivity index (χ1) is 27.3. The van der Waals surface area contributed by atoms with Crippen molar-refractivity contribution in [1.82, 2.24) is 24.5 Å². The summed E-state index contributed by atoms with van der Waals surface area (Å²) in [5, 5.41) is 7.95. The van der Waals surface area contributed by atoms with Gasteiger partial charge in [-0.05, 0) is 74.4 Å². The summed E-state index contributed by atoms with van der Waals surface area (Å²) in [5.74, 6) is 3.85. The average Bonchev–Trinajstić information content (AvgIpc) is 3.06. The maximum absolute atomic E-state index is 11.7. The molecule has 0 rings (SSSR count). The van der Waals surface area contributed by atoms with E-state index in [1.807, 2.05) is 101 Å². The van der Waals surface area contributed by atoms with E-state index < -0.39 is 0 Å². The van der Waals surface area contributed by atoms with Crippen molar-refractivity contribution < 1.29 is 43.8 Å². The molecule has 0 fully saturated rings. The van der Waals surface area contributed by atoms with Gasteiger partial charge in [0.15, 0.2) is 11.9 Å². The number of hydrogen-bond donors (Lipinski definition) is 0. The molecular weight excluding hydrogens is 988 g/mol. The Hall–Kier alpha value is -1.64. The van der Waals surface area contributed by atoms with Gasteiger partial charge in [0.2, 0.25) is 0 Å². The summed E-state index contributed by atoms with van der Waals surface area (Å²) in [6.07, 6.45) is 7.61. The molecule has 0 bridgehead atoms. The quantitative estimate of drug-likeness (QED) is 0.0936. The first kappa shape index (κ1) is 83.4. The van der Waals surface area contributed by atoms with Gasteiger partial charge in [-0.2, -0.15) is 7.05 Å². The normalized spacial score (nSPS) is 12.1. The van der Waals surface area contributed by atoms with Crippen LogP contribution in [0.15, 0.2) is 20.0 Å². The van der Waals surface area contributed by atoms with E-state index in [4.69, 9.17) is 0 Å². The average molecular weight is 1100 g/mol. The molecule has 0 aromatic carbocycles. The predicted molar refractivity (Wildman–Crippen MR) is 291 cm³/mol. The second-order valence-electron chi connectivity index (χ2n) is 22.5. The summed E-state index contributed by atoms with van der Waals surface area (Å²) >= 11 is 0. The first-order valence-electron chi connectivity index (χ1n) is 22.4. The monoisotopic (exact) mass is 1100 g/mol. The van der Waals surface area contributed by atoms with Crippen molar-refractivity contribution in [1.29, 1.82) is 0 Å². The van der Waals surface area contributed by atoms with Gasteiger partial charge in [-0.25, -0.2) is 0 Å². The van der Waals surface area contributed by atoms with Crippen LogP contribution in [-0.4, -0.2) is 165 Å². The number of nitrogens with zero attached hydrogens (tertiary/aromatic N) is 11. The van der Waals surface area contributed by atoms with E-state index in [9.17, 15) is 4.79 Å². The summed E-state index contributed by atoms with van der Waals surface area (Å²) in [5.41, 5.74) is 1.68. The van der Waals surface area contributed by atoms with Crippen LogP contribution in [0, 0.1) is 27.1 Å². The predicted octanol–water partition coefficient (Wildman–Crippen LogP) is 12.7. The maximum Gasteiger partial charge on any atom is 0.195 e. The summed E-state index contributed by atoms with van der Waals surface area (Å²) in [4.78, 5) is 38.4. The van der Waals surface area contributed by atoms with Crippen LogP contribution < -0.4 is 0 Å². The Bertz CT molecular complexity index is 1230. The minimum Gasteiger partial charge on any atom is -0.665 e. The van der Waals surface area contributed by atoms with E-state index in [0.717, 1.165) is 44.3 Å². The van der Waals surface area contributed by atoms with E-state index in [1.54, 1.807) is 21.1 Å². The summed E-state index contributed by atoms with van der Waals surface area (Å²) in [7, 11) is 24.8. The second-order valence-corrected chi connectivity index (χ2v) is 22.5. The molecule has 65 heavy (non-hydrogen) atoms. The maximum atomic E-state index is 11.7. The van der Waals surface area contributed by atoms with Crippen molar-refractivity contribution in [3.8, 4) is 0 Å². The van der Waals surface area contributed by atoms with Crippen molar-refractivity contribution in [2.24, 2.45) is 47.0 Å². The number of aliphatic imine (C=N–C) groups is 4. The molecule has 12 nitrogen and oxygen atoms in total. The molecule has 0 aliphatic rings. The van der Waals surface area contributed by atoms with Crippen LogP contribution in [0.2, 0.25) is 0 Å². The van der Waals surface area contributed by atoms with E-state index in [-0.39, 0.29) is 65.1 Å². The van der Waals surface area contributed by atoms with Gasteiger partial charge in [-0.15, -0.1) is 6.54 Å². The SMILES string of the molecule is C.C.CC(=NCCC(C)(C)C)N(C)C.CN=C(CCC(C)(C)C)N(C)C.CN=C(N(C)C)N(C)CCC(C)(C)C.CN=C([N-]C)N(C)C(=O)CC(C)(C)C.C[N-]CCCC(C)(C)C.[Rh].[Rh]. The van der Waals surface area contributed by atoms with Gasteiger partial charge in [-0.3, -0.25) is 19.8 Å². The topological polar surface area (TPSA) is 111 Å². The Morgan fingerprint density at radius 2 is 0.985 bits per heavy atom. The largest absolute Gasteiger partial charge is 0.665 e. The molecule has 0 saturated heterocycles. The number of amides is 1. The number of rotatable bonds is 10. The van der Waals surface area contributed by atoms with E-state index in [2.05, 4.69) is 131 Å². The summed E-state index contributed by atoms with van der Waals surface area (Å²) in [6.45, 7) is 38.3. The van der Waals surface area contributed by atoms with Crippen LogP contribution in [0.25, 0.3) is 10.6 Å². The van der Waals surface area contributed by atoms with Crippen molar-refractivity contribution in [3.63, 3.8) is 0 Å². The van der Waals surface area contributed by atoms with Crippen LogP contribution in [-0.2, 0) is 43.8 Å². The van der Waals surface area contributed by atoms with Crippen LogP contribution in [0.3, 0.4) is 0 Å². The molecule has 0 spiro atoms. The standard InChI is InChI=1S/C11H25N3.C10H20N3O.2C10H22N2.C8H18N.2CH4.2Rh/c1-11(2,3)8-9-14(7)10(12-4)13(5)6;1-10(2,3)7-8(14)13(6)9(11-4)12-5;1-10(2,3)8-7-9(11-4)12(5)6;1-9(12(5)6)11-8-7-10(2,3)4;1-8(2,3)6-5-7-9-4;;;;/h8-9H2,1-7H3;7H2,1-6H3;2*7-8H2,1-6H3;5-7H2,1-4H3;2*1H4;;/q;-1;;;-1;;;;. The Kier molecular flexibility index (Phi) is 54.5. The number of hydrogen-bond acceptors (Lipinski definition) is 5. The van der Waals surface area contributed by atoms with Gasteiger partial charge < -0.3 is 40.1 Å². The fourth-order valence-electron chi connectivity index (χ4n) is 4.88. The zero-order chi connectivity index (χ0) is 49.6. The fourth-order valence-corrected chi connectivity index (χ4v) is 4.88. The van der Waals surface area contributed by atoms with Gasteiger partial charge in [0.25, 0.3) is 0 Å². The van der Waals surface area contributed by atoms with E-state index in [0.29, 0.717) is 34.0 Å². The fraction of sp³-hybridized carbons (Fsp3) is 0.902. The van der Waals surface area contributed by atoms with Gasteiger partial charge in [0.05, 0.1) is 11.7 Å². The molecule has 0 heterocycles. The molecule has 1 amide bonds. The van der Waals surface area contributed by atoms with Crippen LogP contribution in [0.5, 0.6) is 0 Å². The Labute approximate surface area is 434 Å². The van der Waals surface area contributed by atoms with Crippen LogP contribution >= 0.6 is 0 Å². The smallest absolute Gasteiger partial charge is 0.195 e. The number of amidine groups is 2. The molecule has 0 atom stereocenters. The van der Waals surface area contributed by atoms with Gasteiger partial charge in [-0.1, -0.05) is 132 Å². The Balaban J connectivity index is -0.0000000854. The minimum atomic E-state index is -0.00205. The van der Waals surface area contributed by atoms with Gasteiger partial charge >= 0.3 is 0 Å².